The minimum Gasteiger partial charge on any atom is -0.456 e. The maximum atomic E-state index is 5.95. The van der Waals surface area contributed by atoms with E-state index in [0.29, 0.717) is 6.04 Å². The van der Waals surface area contributed by atoms with E-state index in [1.165, 1.54) is 11.1 Å². The quantitative estimate of drug-likeness (QED) is 0.823. The highest BCUT2D eigenvalue weighted by molar-refractivity contribution is 9.10. The smallest absolute Gasteiger partial charge is 0.141 e. The summed E-state index contributed by atoms with van der Waals surface area (Å²) in [5, 5.41) is 3.23. The number of hydrogen-bond donors (Lipinski definition) is 1. The molecular formula is C17H20BrNO. The van der Waals surface area contributed by atoms with Crippen LogP contribution in [-0.2, 0) is 6.42 Å². The second kappa shape index (κ2) is 6.91. The molecule has 1 atom stereocenters. The Hall–Kier alpha value is -1.32. The Kier molecular flexibility index (Phi) is 5.21. The summed E-state index contributed by atoms with van der Waals surface area (Å²) < 4.78 is 6.92. The van der Waals surface area contributed by atoms with E-state index in [1.807, 2.05) is 25.2 Å². The van der Waals surface area contributed by atoms with E-state index < -0.39 is 0 Å². The topological polar surface area (TPSA) is 21.3 Å². The third kappa shape index (κ3) is 3.62. The van der Waals surface area contributed by atoms with Gasteiger partial charge in [0.2, 0.25) is 0 Å². The van der Waals surface area contributed by atoms with Gasteiger partial charge in [-0.2, -0.15) is 0 Å². The van der Waals surface area contributed by atoms with Gasteiger partial charge >= 0.3 is 0 Å². The van der Waals surface area contributed by atoms with Crippen molar-refractivity contribution in [3.63, 3.8) is 0 Å². The summed E-state index contributed by atoms with van der Waals surface area (Å²) >= 11 is 3.58. The lowest BCUT2D eigenvalue weighted by Crippen LogP contribution is -2.12. The monoisotopic (exact) mass is 333 g/mol. The molecule has 0 saturated carbocycles. The van der Waals surface area contributed by atoms with Crippen LogP contribution >= 0.6 is 15.9 Å². The van der Waals surface area contributed by atoms with Crippen LogP contribution in [0.25, 0.3) is 0 Å². The van der Waals surface area contributed by atoms with Crippen LogP contribution in [0.3, 0.4) is 0 Å². The molecule has 0 aliphatic heterocycles. The van der Waals surface area contributed by atoms with E-state index in [-0.39, 0.29) is 0 Å². The molecule has 0 bridgehead atoms. The number of benzene rings is 2. The van der Waals surface area contributed by atoms with Gasteiger partial charge < -0.3 is 10.1 Å². The highest BCUT2D eigenvalue weighted by Gasteiger charge is 2.08. The number of rotatable bonds is 5. The predicted octanol–water partition coefficient (Wildman–Crippen LogP) is 5.08. The molecule has 0 spiro atoms. The average molecular weight is 334 g/mol. The summed E-state index contributed by atoms with van der Waals surface area (Å²) in [6.45, 7) is 4.27. The highest BCUT2D eigenvalue weighted by atomic mass is 79.9. The lowest BCUT2D eigenvalue weighted by atomic mass is 10.1. The minimum absolute atomic E-state index is 0.323. The average Bonchev–Trinajstić information content (AvgIpc) is 2.48. The minimum atomic E-state index is 0.323. The molecule has 0 aromatic heterocycles. The molecule has 106 valence electrons. The molecule has 1 unspecified atom stereocenters. The van der Waals surface area contributed by atoms with Gasteiger partial charge in [-0.1, -0.05) is 25.1 Å². The van der Waals surface area contributed by atoms with Crippen molar-refractivity contribution in [1.29, 1.82) is 0 Å². The van der Waals surface area contributed by atoms with Crippen molar-refractivity contribution < 1.29 is 4.74 Å². The van der Waals surface area contributed by atoms with Gasteiger partial charge in [-0.25, -0.2) is 0 Å². The fourth-order valence-electron chi connectivity index (χ4n) is 1.99. The molecule has 2 rings (SSSR count). The zero-order valence-electron chi connectivity index (χ0n) is 12.1. The molecule has 0 aliphatic rings. The van der Waals surface area contributed by atoms with Gasteiger partial charge in [0.25, 0.3) is 0 Å². The molecule has 0 radical (unpaired) electrons. The highest BCUT2D eigenvalue weighted by Crippen LogP contribution is 2.32. The van der Waals surface area contributed by atoms with Gasteiger partial charge in [0, 0.05) is 6.04 Å². The fraction of sp³-hybridized carbons (Fsp3) is 0.294. The number of halogens is 1. The molecule has 1 N–H and O–H groups in total. The maximum absolute atomic E-state index is 5.95. The SMILES string of the molecule is CCc1cccc(Oc2ccc(C(C)NC)cc2Br)c1. The molecule has 0 heterocycles. The molecule has 2 aromatic rings. The Bertz CT molecular complexity index is 583. The maximum Gasteiger partial charge on any atom is 0.141 e. The zero-order valence-corrected chi connectivity index (χ0v) is 13.7. The first-order valence-electron chi connectivity index (χ1n) is 6.87. The standard InChI is InChI=1S/C17H20BrNO/c1-4-13-6-5-7-15(10-13)20-17-9-8-14(11-16(17)18)12(2)19-3/h5-12,19H,4H2,1-3H3. The van der Waals surface area contributed by atoms with Crippen LogP contribution in [0.4, 0.5) is 0 Å². The largest absolute Gasteiger partial charge is 0.456 e. The van der Waals surface area contributed by atoms with Crippen LogP contribution in [-0.4, -0.2) is 7.05 Å². The summed E-state index contributed by atoms with van der Waals surface area (Å²) in [5.74, 6) is 1.71. The molecule has 2 aromatic carbocycles. The summed E-state index contributed by atoms with van der Waals surface area (Å²) in [6.07, 6.45) is 1.01. The first kappa shape index (κ1) is 15.1. The van der Waals surface area contributed by atoms with Crippen molar-refractivity contribution in [1.82, 2.24) is 5.32 Å². The summed E-state index contributed by atoms with van der Waals surface area (Å²) in [5.41, 5.74) is 2.51. The van der Waals surface area contributed by atoms with Crippen molar-refractivity contribution in [3.05, 3.63) is 58.1 Å². The first-order chi connectivity index (χ1) is 9.63. The van der Waals surface area contributed by atoms with Crippen LogP contribution in [0.15, 0.2) is 46.9 Å². The van der Waals surface area contributed by atoms with Crippen LogP contribution in [0.1, 0.15) is 31.0 Å². The normalized spacial score (nSPS) is 12.2. The van der Waals surface area contributed by atoms with Crippen molar-refractivity contribution in [2.75, 3.05) is 7.05 Å². The molecule has 0 amide bonds. The number of nitrogens with one attached hydrogen (secondary N) is 1. The molecule has 0 saturated heterocycles. The van der Waals surface area contributed by atoms with Crippen molar-refractivity contribution >= 4 is 15.9 Å². The summed E-state index contributed by atoms with van der Waals surface area (Å²) in [6, 6.07) is 14.7. The van der Waals surface area contributed by atoms with Crippen molar-refractivity contribution in [3.8, 4) is 11.5 Å². The second-order valence-electron chi connectivity index (χ2n) is 4.80. The van der Waals surface area contributed by atoms with E-state index in [4.69, 9.17) is 4.74 Å². The molecule has 3 heteroatoms. The predicted molar refractivity (Wildman–Crippen MR) is 87.5 cm³/mol. The van der Waals surface area contributed by atoms with E-state index >= 15 is 0 Å². The van der Waals surface area contributed by atoms with E-state index in [2.05, 4.69) is 59.4 Å². The molecule has 0 fully saturated rings. The second-order valence-corrected chi connectivity index (χ2v) is 5.66. The number of aryl methyl sites for hydroxylation is 1. The van der Waals surface area contributed by atoms with Gasteiger partial charge in [-0.3, -0.25) is 0 Å². The van der Waals surface area contributed by atoms with E-state index in [1.54, 1.807) is 0 Å². The third-order valence-corrected chi connectivity index (χ3v) is 4.04. The van der Waals surface area contributed by atoms with Gasteiger partial charge in [0.1, 0.15) is 11.5 Å². The van der Waals surface area contributed by atoms with Crippen LogP contribution in [0, 0.1) is 0 Å². The fourth-order valence-corrected chi connectivity index (χ4v) is 2.47. The summed E-state index contributed by atoms with van der Waals surface area (Å²) in [4.78, 5) is 0. The van der Waals surface area contributed by atoms with E-state index in [0.717, 1.165) is 22.4 Å². The van der Waals surface area contributed by atoms with Gasteiger partial charge in [0.05, 0.1) is 4.47 Å². The Morgan fingerprint density at radius 2 is 2.00 bits per heavy atom. The first-order valence-corrected chi connectivity index (χ1v) is 7.66. The van der Waals surface area contributed by atoms with E-state index in [9.17, 15) is 0 Å². The van der Waals surface area contributed by atoms with Crippen LogP contribution < -0.4 is 10.1 Å². The van der Waals surface area contributed by atoms with Crippen LogP contribution in [0.2, 0.25) is 0 Å². The number of ether oxygens (including phenoxy) is 1. The third-order valence-electron chi connectivity index (χ3n) is 3.42. The molecular weight excluding hydrogens is 314 g/mol. The summed E-state index contributed by atoms with van der Waals surface area (Å²) in [7, 11) is 1.96. The molecule has 0 aliphatic carbocycles. The Balaban J connectivity index is 2.21. The lowest BCUT2D eigenvalue weighted by molar-refractivity contribution is 0.478. The van der Waals surface area contributed by atoms with Gasteiger partial charge in [0.15, 0.2) is 0 Å². The Labute approximate surface area is 129 Å². The van der Waals surface area contributed by atoms with Crippen molar-refractivity contribution in [2.45, 2.75) is 26.3 Å². The van der Waals surface area contributed by atoms with Gasteiger partial charge in [-0.05, 0) is 71.7 Å². The number of hydrogen-bond acceptors (Lipinski definition) is 2. The van der Waals surface area contributed by atoms with Crippen molar-refractivity contribution in [2.24, 2.45) is 0 Å². The molecule has 2 nitrogen and oxygen atoms in total. The Morgan fingerprint density at radius 1 is 1.20 bits per heavy atom. The lowest BCUT2D eigenvalue weighted by Gasteiger charge is -2.14. The van der Waals surface area contributed by atoms with Gasteiger partial charge in [-0.15, -0.1) is 0 Å². The zero-order chi connectivity index (χ0) is 14.5. The molecule has 20 heavy (non-hydrogen) atoms. The van der Waals surface area contributed by atoms with Crippen LogP contribution in [0.5, 0.6) is 11.5 Å². The Morgan fingerprint density at radius 3 is 2.65 bits per heavy atom.